The molecule has 0 heterocycles. The highest BCUT2D eigenvalue weighted by molar-refractivity contribution is 6.15. The van der Waals surface area contributed by atoms with Gasteiger partial charge in [0, 0.05) is 11.1 Å². The summed E-state index contributed by atoms with van der Waals surface area (Å²) in [5, 5.41) is 19.0. The summed E-state index contributed by atoms with van der Waals surface area (Å²) in [4.78, 5) is 13.5. The molecule has 1 saturated carbocycles. The Bertz CT molecular complexity index is 836. The predicted octanol–water partition coefficient (Wildman–Crippen LogP) is 5.59. The summed E-state index contributed by atoms with van der Waals surface area (Å²) in [6, 6.07) is 13.8. The number of phenolic OH excluding ortho intramolecular Hbond substituents is 2. The lowest BCUT2D eigenvalue weighted by Crippen LogP contribution is -2.38. The van der Waals surface area contributed by atoms with E-state index in [0.717, 1.165) is 28.7 Å². The van der Waals surface area contributed by atoms with Crippen molar-refractivity contribution >= 4 is 17.9 Å². The molecule has 0 unspecified atom stereocenters. The van der Waals surface area contributed by atoms with Gasteiger partial charge in [-0.15, -0.1) is 0 Å². The lowest BCUT2D eigenvalue weighted by molar-refractivity contribution is -0.115. The Morgan fingerprint density at radius 1 is 0.704 bits per heavy atom. The van der Waals surface area contributed by atoms with Crippen LogP contribution >= 0.6 is 0 Å². The van der Waals surface area contributed by atoms with Gasteiger partial charge in [-0.05, 0) is 64.8 Å². The third kappa shape index (κ3) is 3.97. The van der Waals surface area contributed by atoms with Crippen molar-refractivity contribution in [2.75, 3.05) is 0 Å². The first-order valence-corrected chi connectivity index (χ1v) is 9.16. The lowest BCUT2D eigenvalue weighted by Gasteiger charge is -2.43. The zero-order valence-electron chi connectivity index (χ0n) is 16.3. The molecule has 0 spiro atoms. The third-order valence-electron chi connectivity index (χ3n) is 5.24. The summed E-state index contributed by atoms with van der Waals surface area (Å²) in [7, 11) is 0. The van der Waals surface area contributed by atoms with Gasteiger partial charge in [0.2, 0.25) is 0 Å². The Balaban J connectivity index is 2.08. The summed E-state index contributed by atoms with van der Waals surface area (Å²) in [6.45, 7) is 8.43. The zero-order chi connectivity index (χ0) is 19.8. The minimum atomic E-state index is -0.259. The molecule has 0 radical (unpaired) electrons. The van der Waals surface area contributed by atoms with Gasteiger partial charge in [0.05, 0.1) is 0 Å². The molecule has 2 aromatic rings. The Morgan fingerprint density at radius 3 is 1.37 bits per heavy atom. The molecule has 2 aromatic carbocycles. The molecule has 2 N–H and O–H groups in total. The number of ketones is 1. The minimum Gasteiger partial charge on any atom is -0.508 e. The second-order valence-corrected chi connectivity index (χ2v) is 8.57. The maximum Gasteiger partial charge on any atom is 0.186 e. The average molecular weight is 362 g/mol. The first-order valence-electron chi connectivity index (χ1n) is 9.16. The largest absolute Gasteiger partial charge is 0.508 e. The molecular weight excluding hydrogens is 336 g/mol. The van der Waals surface area contributed by atoms with Crippen molar-refractivity contribution < 1.29 is 15.0 Å². The Labute approximate surface area is 160 Å². The van der Waals surface area contributed by atoms with Gasteiger partial charge in [0.1, 0.15) is 11.5 Å². The van der Waals surface area contributed by atoms with E-state index in [4.69, 9.17) is 0 Å². The molecule has 1 fully saturated rings. The average Bonchev–Trinajstić information content (AvgIpc) is 2.58. The fourth-order valence-corrected chi connectivity index (χ4v) is 4.05. The van der Waals surface area contributed by atoms with E-state index in [1.165, 1.54) is 0 Å². The summed E-state index contributed by atoms with van der Waals surface area (Å²) in [6.07, 6.45) is 4.71. The van der Waals surface area contributed by atoms with Crippen LogP contribution in [0.1, 0.15) is 45.2 Å². The van der Waals surface area contributed by atoms with Crippen molar-refractivity contribution in [3.8, 4) is 11.5 Å². The van der Waals surface area contributed by atoms with E-state index in [1.54, 1.807) is 24.3 Å². The lowest BCUT2D eigenvalue weighted by atomic mass is 9.59. The normalized spacial score (nSPS) is 21.6. The molecule has 3 heteroatoms. The van der Waals surface area contributed by atoms with Crippen LogP contribution in [-0.2, 0) is 4.79 Å². The minimum absolute atomic E-state index is 0.0531. The fourth-order valence-electron chi connectivity index (χ4n) is 4.05. The number of aromatic hydroxyl groups is 2. The van der Waals surface area contributed by atoms with Gasteiger partial charge in [0.25, 0.3) is 0 Å². The predicted molar refractivity (Wildman–Crippen MR) is 109 cm³/mol. The second-order valence-electron chi connectivity index (χ2n) is 8.57. The molecule has 0 amide bonds. The van der Waals surface area contributed by atoms with Crippen LogP contribution in [0.4, 0.5) is 0 Å². The molecule has 0 atom stereocenters. The molecule has 0 aliphatic heterocycles. The number of hydrogen-bond donors (Lipinski definition) is 2. The fraction of sp³-hybridized carbons (Fsp3) is 0.292. The number of phenols is 2. The van der Waals surface area contributed by atoms with E-state index < -0.39 is 0 Å². The van der Waals surface area contributed by atoms with Crippen LogP contribution < -0.4 is 0 Å². The Kier molecular flexibility index (Phi) is 4.73. The number of benzene rings is 2. The van der Waals surface area contributed by atoms with E-state index in [-0.39, 0.29) is 28.1 Å². The Hall–Kier alpha value is -2.81. The zero-order valence-corrected chi connectivity index (χ0v) is 16.3. The first kappa shape index (κ1) is 19.0. The van der Waals surface area contributed by atoms with Crippen LogP contribution in [0.25, 0.3) is 12.2 Å². The van der Waals surface area contributed by atoms with E-state index in [2.05, 4.69) is 27.7 Å². The molecule has 3 nitrogen and oxygen atoms in total. The number of Topliss-reactive ketones (excluding diaryl/α,β-unsaturated/α-hetero) is 1. The molecule has 27 heavy (non-hydrogen) atoms. The highest BCUT2D eigenvalue weighted by atomic mass is 16.3. The molecule has 0 bridgehead atoms. The smallest absolute Gasteiger partial charge is 0.186 e. The van der Waals surface area contributed by atoms with Crippen LogP contribution in [-0.4, -0.2) is 16.0 Å². The maximum absolute atomic E-state index is 13.5. The number of hydrogen-bond acceptors (Lipinski definition) is 3. The molecule has 1 aliphatic carbocycles. The van der Waals surface area contributed by atoms with Gasteiger partial charge < -0.3 is 10.2 Å². The van der Waals surface area contributed by atoms with Crippen LogP contribution in [0.2, 0.25) is 0 Å². The van der Waals surface area contributed by atoms with E-state index >= 15 is 0 Å². The standard InChI is InChI=1S/C24H26O3/c1-23(2)15-24(3,4)21(14-17-7-11-19(26)12-8-17)22(27)20(23)13-16-5-9-18(25)10-6-16/h5-14,25-26H,15H2,1-4H3/b20-13-,21-14+. The van der Waals surface area contributed by atoms with Crippen molar-refractivity contribution in [1.82, 2.24) is 0 Å². The van der Waals surface area contributed by atoms with Crippen molar-refractivity contribution in [1.29, 1.82) is 0 Å². The van der Waals surface area contributed by atoms with Gasteiger partial charge in [-0.1, -0.05) is 52.0 Å². The number of rotatable bonds is 2. The molecule has 140 valence electrons. The van der Waals surface area contributed by atoms with Crippen LogP contribution in [0.3, 0.4) is 0 Å². The van der Waals surface area contributed by atoms with Crippen LogP contribution in [0.15, 0.2) is 59.7 Å². The highest BCUT2D eigenvalue weighted by Gasteiger charge is 2.45. The maximum atomic E-state index is 13.5. The SMILES string of the molecule is CC1(C)CC(C)(C)/C(=C\c2ccc(O)cc2)C(=O)/C1=C\c1ccc(O)cc1. The number of carbonyl (C=O) groups excluding carboxylic acids is 1. The second kappa shape index (κ2) is 6.73. The van der Waals surface area contributed by atoms with Crippen molar-refractivity contribution in [3.05, 3.63) is 70.8 Å². The summed E-state index contributed by atoms with van der Waals surface area (Å²) in [5.74, 6) is 0.471. The van der Waals surface area contributed by atoms with Gasteiger partial charge >= 0.3 is 0 Å². The first-order chi connectivity index (χ1) is 12.6. The van der Waals surface area contributed by atoms with E-state index in [1.807, 2.05) is 36.4 Å². The molecular formula is C24H26O3. The van der Waals surface area contributed by atoms with Gasteiger partial charge in [0.15, 0.2) is 5.78 Å². The van der Waals surface area contributed by atoms with Gasteiger partial charge in [-0.3, -0.25) is 4.79 Å². The van der Waals surface area contributed by atoms with Crippen LogP contribution in [0.5, 0.6) is 11.5 Å². The van der Waals surface area contributed by atoms with E-state index in [0.29, 0.717) is 0 Å². The topological polar surface area (TPSA) is 57.5 Å². The van der Waals surface area contributed by atoms with Crippen molar-refractivity contribution in [2.45, 2.75) is 34.1 Å². The summed E-state index contributed by atoms with van der Waals surface area (Å²) >= 11 is 0. The monoisotopic (exact) mass is 362 g/mol. The van der Waals surface area contributed by atoms with E-state index in [9.17, 15) is 15.0 Å². The summed E-state index contributed by atoms with van der Waals surface area (Å²) < 4.78 is 0. The van der Waals surface area contributed by atoms with Crippen LogP contribution in [0, 0.1) is 10.8 Å². The van der Waals surface area contributed by atoms with Gasteiger partial charge in [-0.25, -0.2) is 0 Å². The Morgan fingerprint density at radius 2 is 1.04 bits per heavy atom. The molecule has 0 saturated heterocycles. The molecule has 0 aromatic heterocycles. The van der Waals surface area contributed by atoms with Crippen molar-refractivity contribution in [2.24, 2.45) is 10.8 Å². The summed E-state index contributed by atoms with van der Waals surface area (Å²) in [5.41, 5.74) is 2.83. The molecule has 1 aliphatic rings. The quantitative estimate of drug-likeness (QED) is 0.685. The number of carbonyl (C=O) groups is 1. The van der Waals surface area contributed by atoms with Crippen molar-refractivity contribution in [3.63, 3.8) is 0 Å². The third-order valence-corrected chi connectivity index (χ3v) is 5.24. The molecule has 3 rings (SSSR count). The van der Waals surface area contributed by atoms with Gasteiger partial charge in [-0.2, -0.15) is 0 Å². The number of allylic oxidation sites excluding steroid dienone is 2. The highest BCUT2D eigenvalue weighted by Crippen LogP contribution is 2.51.